The molecule has 0 aliphatic rings. The van der Waals surface area contributed by atoms with Crippen LogP contribution in [0.5, 0.6) is 0 Å². The number of unbranched alkanes of at least 4 members (excludes halogenated alkanes) is 1. The molecule has 0 radical (unpaired) electrons. The number of allylic oxidation sites excluding steroid dienone is 1. The summed E-state index contributed by atoms with van der Waals surface area (Å²) in [4.78, 5) is 2.02. The van der Waals surface area contributed by atoms with Crippen molar-refractivity contribution < 1.29 is 0 Å². The smallest absolute Gasteiger partial charge is 0.110 e. The van der Waals surface area contributed by atoms with E-state index in [2.05, 4.69) is 24.9 Å². The fourth-order valence-electron chi connectivity index (χ4n) is 1.48. The molecule has 0 amide bonds. The highest BCUT2D eigenvalue weighted by atomic mass is 32.1. The first kappa shape index (κ1) is 13.0. The van der Waals surface area contributed by atoms with Gasteiger partial charge >= 0.3 is 0 Å². The van der Waals surface area contributed by atoms with Crippen molar-refractivity contribution in [1.82, 2.24) is 5.32 Å². The van der Waals surface area contributed by atoms with Crippen LogP contribution in [-0.4, -0.2) is 6.04 Å². The van der Waals surface area contributed by atoms with E-state index in [0.29, 0.717) is 6.04 Å². The molecule has 0 aliphatic carbocycles. The van der Waals surface area contributed by atoms with E-state index in [1.165, 1.54) is 17.7 Å². The summed E-state index contributed by atoms with van der Waals surface area (Å²) in [6, 6.07) is 6.58. The summed E-state index contributed by atoms with van der Waals surface area (Å²) in [5.41, 5.74) is 0. The molecular formula is C13H18N2S. The van der Waals surface area contributed by atoms with E-state index in [4.69, 9.17) is 5.26 Å². The van der Waals surface area contributed by atoms with Crippen LogP contribution in [0.25, 0.3) is 0 Å². The summed E-state index contributed by atoms with van der Waals surface area (Å²) in [6.07, 6.45) is 5.41. The molecule has 86 valence electrons. The third kappa shape index (κ3) is 4.61. The Balaban J connectivity index is 2.23. The second kappa shape index (κ2) is 7.21. The van der Waals surface area contributed by atoms with Gasteiger partial charge in [-0.15, -0.1) is 17.9 Å². The minimum atomic E-state index is 0.521. The van der Waals surface area contributed by atoms with Crippen molar-refractivity contribution in [1.29, 1.82) is 5.26 Å². The zero-order valence-electron chi connectivity index (χ0n) is 9.70. The molecule has 0 saturated heterocycles. The van der Waals surface area contributed by atoms with Gasteiger partial charge in [0, 0.05) is 17.5 Å². The van der Waals surface area contributed by atoms with Gasteiger partial charge in [-0.2, -0.15) is 5.26 Å². The van der Waals surface area contributed by atoms with Crippen LogP contribution in [0.4, 0.5) is 0 Å². The SMILES string of the molecule is C=CCCCC(C)NCc1ccc(C#N)s1. The van der Waals surface area contributed by atoms with E-state index in [-0.39, 0.29) is 0 Å². The Morgan fingerprint density at radius 2 is 2.44 bits per heavy atom. The molecule has 1 rings (SSSR count). The summed E-state index contributed by atoms with van der Waals surface area (Å²) in [5.74, 6) is 0. The number of nitriles is 1. The Bertz CT molecular complexity index is 362. The van der Waals surface area contributed by atoms with E-state index < -0.39 is 0 Å². The van der Waals surface area contributed by atoms with Crippen molar-refractivity contribution in [3.63, 3.8) is 0 Å². The fraction of sp³-hybridized carbons (Fsp3) is 0.462. The van der Waals surface area contributed by atoms with Crippen molar-refractivity contribution in [3.05, 3.63) is 34.5 Å². The number of hydrogen-bond donors (Lipinski definition) is 1. The molecule has 0 saturated carbocycles. The van der Waals surface area contributed by atoms with E-state index in [1.54, 1.807) is 11.3 Å². The maximum absolute atomic E-state index is 8.70. The predicted octanol–water partition coefficient (Wildman–Crippen LogP) is 3.45. The van der Waals surface area contributed by atoms with Crippen LogP contribution in [-0.2, 0) is 6.54 Å². The molecule has 0 bridgehead atoms. The lowest BCUT2D eigenvalue weighted by Gasteiger charge is -2.11. The van der Waals surface area contributed by atoms with Gasteiger partial charge in [0.1, 0.15) is 10.9 Å². The summed E-state index contributed by atoms with van der Waals surface area (Å²) in [7, 11) is 0. The van der Waals surface area contributed by atoms with Gasteiger partial charge in [0.05, 0.1) is 0 Å². The van der Waals surface area contributed by atoms with Gasteiger partial charge in [0.15, 0.2) is 0 Å². The van der Waals surface area contributed by atoms with Gasteiger partial charge in [-0.1, -0.05) is 6.08 Å². The number of thiophene rings is 1. The molecule has 1 heterocycles. The Morgan fingerprint density at radius 3 is 3.06 bits per heavy atom. The molecule has 0 aliphatic heterocycles. The Labute approximate surface area is 102 Å². The molecule has 1 aromatic rings. The first-order chi connectivity index (χ1) is 7.76. The predicted molar refractivity (Wildman–Crippen MR) is 69.4 cm³/mol. The average Bonchev–Trinajstić information content (AvgIpc) is 2.74. The number of nitrogens with zero attached hydrogens (tertiary/aromatic N) is 1. The average molecular weight is 234 g/mol. The van der Waals surface area contributed by atoms with Crippen LogP contribution in [0.15, 0.2) is 24.8 Å². The van der Waals surface area contributed by atoms with Crippen LogP contribution < -0.4 is 5.32 Å². The van der Waals surface area contributed by atoms with Gasteiger partial charge in [-0.05, 0) is 38.3 Å². The molecule has 1 aromatic heterocycles. The molecule has 0 aromatic carbocycles. The summed E-state index contributed by atoms with van der Waals surface area (Å²) >= 11 is 1.56. The van der Waals surface area contributed by atoms with Gasteiger partial charge in [-0.25, -0.2) is 0 Å². The minimum Gasteiger partial charge on any atom is -0.309 e. The Kier molecular flexibility index (Phi) is 5.84. The first-order valence-electron chi connectivity index (χ1n) is 5.59. The topological polar surface area (TPSA) is 35.8 Å². The second-order valence-corrected chi connectivity index (χ2v) is 5.05. The Hall–Kier alpha value is -1.11. The lowest BCUT2D eigenvalue weighted by Crippen LogP contribution is -2.24. The van der Waals surface area contributed by atoms with Gasteiger partial charge < -0.3 is 5.32 Å². The fourth-order valence-corrected chi connectivity index (χ4v) is 2.23. The van der Waals surface area contributed by atoms with E-state index >= 15 is 0 Å². The van der Waals surface area contributed by atoms with Crippen LogP contribution in [0.2, 0.25) is 0 Å². The normalized spacial score (nSPS) is 12.0. The summed E-state index contributed by atoms with van der Waals surface area (Å²) in [5, 5.41) is 12.2. The van der Waals surface area contributed by atoms with Gasteiger partial charge in [-0.3, -0.25) is 0 Å². The zero-order valence-corrected chi connectivity index (χ0v) is 10.5. The number of rotatable bonds is 7. The van der Waals surface area contributed by atoms with E-state index in [0.717, 1.165) is 17.8 Å². The molecule has 0 spiro atoms. The van der Waals surface area contributed by atoms with Gasteiger partial charge in [0.25, 0.3) is 0 Å². The van der Waals surface area contributed by atoms with Crippen molar-refractivity contribution in [2.45, 2.75) is 38.8 Å². The molecule has 1 unspecified atom stereocenters. The molecule has 16 heavy (non-hydrogen) atoms. The van der Waals surface area contributed by atoms with Crippen LogP contribution in [0.3, 0.4) is 0 Å². The third-order valence-electron chi connectivity index (χ3n) is 2.44. The maximum atomic E-state index is 8.70. The lowest BCUT2D eigenvalue weighted by atomic mass is 10.1. The molecule has 0 fully saturated rings. The molecule has 2 nitrogen and oxygen atoms in total. The monoisotopic (exact) mass is 234 g/mol. The number of nitrogens with one attached hydrogen (secondary N) is 1. The third-order valence-corrected chi connectivity index (χ3v) is 3.43. The van der Waals surface area contributed by atoms with Crippen molar-refractivity contribution in [2.75, 3.05) is 0 Å². The maximum Gasteiger partial charge on any atom is 0.110 e. The minimum absolute atomic E-state index is 0.521. The van der Waals surface area contributed by atoms with E-state index in [1.807, 2.05) is 18.2 Å². The first-order valence-corrected chi connectivity index (χ1v) is 6.41. The molecule has 1 atom stereocenters. The second-order valence-electron chi connectivity index (χ2n) is 3.88. The lowest BCUT2D eigenvalue weighted by molar-refractivity contribution is 0.502. The van der Waals surface area contributed by atoms with Crippen LogP contribution in [0, 0.1) is 11.3 Å². The largest absolute Gasteiger partial charge is 0.309 e. The van der Waals surface area contributed by atoms with Gasteiger partial charge in [0.2, 0.25) is 0 Å². The van der Waals surface area contributed by atoms with Crippen molar-refractivity contribution in [3.8, 4) is 6.07 Å². The quantitative estimate of drug-likeness (QED) is 0.579. The Morgan fingerprint density at radius 1 is 1.62 bits per heavy atom. The highest BCUT2D eigenvalue weighted by Gasteiger charge is 2.03. The highest BCUT2D eigenvalue weighted by Crippen LogP contribution is 2.15. The summed E-state index contributed by atoms with van der Waals surface area (Å²) < 4.78 is 0. The number of hydrogen-bond acceptors (Lipinski definition) is 3. The molecular weight excluding hydrogens is 216 g/mol. The van der Waals surface area contributed by atoms with Crippen LogP contribution >= 0.6 is 11.3 Å². The van der Waals surface area contributed by atoms with Crippen molar-refractivity contribution >= 4 is 11.3 Å². The van der Waals surface area contributed by atoms with E-state index in [9.17, 15) is 0 Å². The van der Waals surface area contributed by atoms with Crippen molar-refractivity contribution in [2.24, 2.45) is 0 Å². The molecule has 3 heteroatoms. The molecule has 1 N–H and O–H groups in total. The zero-order chi connectivity index (χ0) is 11.8. The summed E-state index contributed by atoms with van der Waals surface area (Å²) in [6.45, 7) is 6.77. The highest BCUT2D eigenvalue weighted by molar-refractivity contribution is 7.12. The van der Waals surface area contributed by atoms with Crippen LogP contribution in [0.1, 0.15) is 35.9 Å². The standard InChI is InChI=1S/C13H18N2S/c1-3-4-5-6-11(2)15-10-13-8-7-12(9-14)16-13/h3,7-8,11,15H,1,4-6,10H2,2H3.